The van der Waals surface area contributed by atoms with Crippen LogP contribution in [0.25, 0.3) is 66.2 Å². The van der Waals surface area contributed by atoms with Crippen LogP contribution in [0.5, 0.6) is 0 Å². The maximum atomic E-state index is 5.33. The minimum Gasteiger partial charge on any atom is -0.277 e. The largest absolute Gasteiger partial charge is 0.277 e. The van der Waals surface area contributed by atoms with Gasteiger partial charge in [0.2, 0.25) is 5.95 Å². The first-order chi connectivity index (χ1) is 26.0. The van der Waals surface area contributed by atoms with Gasteiger partial charge < -0.3 is 0 Å². The number of hydrogen-bond acceptors (Lipinski definition) is 5. The first-order valence-corrected chi connectivity index (χ1v) is 18.9. The van der Waals surface area contributed by atoms with E-state index < -0.39 is 0 Å². The highest BCUT2D eigenvalue weighted by Gasteiger charge is 2.36. The van der Waals surface area contributed by atoms with Crippen LogP contribution < -0.4 is 4.90 Å². The topological polar surface area (TPSA) is 41.9 Å². The Morgan fingerprint density at radius 3 is 1.58 bits per heavy atom. The number of para-hydroxylation sites is 2. The smallest absolute Gasteiger partial charge is 0.238 e. The van der Waals surface area contributed by atoms with Crippen LogP contribution in [0.2, 0.25) is 0 Å². The summed E-state index contributed by atoms with van der Waals surface area (Å²) >= 11 is 1.78. The Hall–Kier alpha value is -6.30. The van der Waals surface area contributed by atoms with E-state index in [4.69, 9.17) is 15.0 Å². The van der Waals surface area contributed by atoms with Gasteiger partial charge in [-0.3, -0.25) is 4.90 Å². The zero-order valence-electron chi connectivity index (χ0n) is 29.2. The molecule has 0 bridgehead atoms. The second-order valence-corrected chi connectivity index (χ2v) is 15.5. The number of rotatable bonds is 3. The van der Waals surface area contributed by atoms with Crippen molar-refractivity contribution in [2.75, 3.05) is 4.90 Å². The van der Waals surface area contributed by atoms with Crippen LogP contribution in [0.3, 0.4) is 0 Å². The summed E-state index contributed by atoms with van der Waals surface area (Å²) in [4.78, 5) is 20.5. The van der Waals surface area contributed by atoms with E-state index in [9.17, 15) is 0 Å². The van der Waals surface area contributed by atoms with Crippen molar-refractivity contribution in [2.24, 2.45) is 0 Å². The van der Waals surface area contributed by atoms with E-state index in [1.54, 1.807) is 11.8 Å². The number of benzene rings is 8. The van der Waals surface area contributed by atoms with E-state index >= 15 is 0 Å². The molecule has 1 aliphatic carbocycles. The molecule has 0 saturated heterocycles. The van der Waals surface area contributed by atoms with Crippen LogP contribution in [0.1, 0.15) is 25.0 Å². The van der Waals surface area contributed by atoms with Crippen LogP contribution in [0.15, 0.2) is 168 Å². The molecule has 4 nitrogen and oxygen atoms in total. The van der Waals surface area contributed by atoms with Crippen molar-refractivity contribution in [2.45, 2.75) is 29.1 Å². The van der Waals surface area contributed by atoms with Gasteiger partial charge in [-0.1, -0.05) is 147 Å². The average molecular weight is 697 g/mol. The molecule has 9 aromatic rings. The summed E-state index contributed by atoms with van der Waals surface area (Å²) in [5.74, 6) is 1.88. The third-order valence-electron chi connectivity index (χ3n) is 11.1. The van der Waals surface area contributed by atoms with E-state index in [0.29, 0.717) is 17.6 Å². The van der Waals surface area contributed by atoms with Crippen molar-refractivity contribution in [1.29, 1.82) is 0 Å². The molecule has 250 valence electrons. The number of fused-ring (bicyclic) bond motifs is 11. The molecule has 0 radical (unpaired) electrons. The minimum absolute atomic E-state index is 0.148. The van der Waals surface area contributed by atoms with Crippen LogP contribution >= 0.6 is 11.8 Å². The maximum absolute atomic E-state index is 5.33. The number of nitrogens with zero attached hydrogens (tertiary/aromatic N) is 4. The fraction of sp³-hybridized carbons (Fsp3) is 0.0625. The van der Waals surface area contributed by atoms with Gasteiger partial charge in [0.15, 0.2) is 11.6 Å². The van der Waals surface area contributed by atoms with Gasteiger partial charge in [-0.15, -0.1) is 0 Å². The monoisotopic (exact) mass is 696 g/mol. The van der Waals surface area contributed by atoms with Gasteiger partial charge in [0.05, 0.1) is 11.4 Å². The molecule has 0 unspecified atom stereocenters. The van der Waals surface area contributed by atoms with E-state index in [-0.39, 0.29) is 5.41 Å². The molecule has 5 heteroatoms. The summed E-state index contributed by atoms with van der Waals surface area (Å²) < 4.78 is 0. The van der Waals surface area contributed by atoms with Crippen molar-refractivity contribution >= 4 is 61.4 Å². The van der Waals surface area contributed by atoms with Gasteiger partial charge in [-0.25, -0.2) is 4.98 Å². The Balaban J connectivity index is 1.17. The molecule has 0 saturated carbocycles. The van der Waals surface area contributed by atoms with Crippen molar-refractivity contribution < 1.29 is 0 Å². The molecule has 0 amide bonds. The predicted octanol–water partition coefficient (Wildman–Crippen LogP) is 12.9. The molecule has 0 atom stereocenters. The van der Waals surface area contributed by atoms with Crippen molar-refractivity contribution in [3.05, 3.63) is 169 Å². The van der Waals surface area contributed by atoms with E-state index in [1.165, 1.54) is 54.6 Å². The van der Waals surface area contributed by atoms with Gasteiger partial charge in [0.25, 0.3) is 0 Å². The highest BCUT2D eigenvalue weighted by atomic mass is 32.2. The molecule has 0 N–H and O–H groups in total. The van der Waals surface area contributed by atoms with Crippen molar-refractivity contribution in [3.8, 4) is 33.9 Å². The summed E-state index contributed by atoms with van der Waals surface area (Å²) in [6, 6.07) is 56.5. The van der Waals surface area contributed by atoms with Crippen molar-refractivity contribution in [1.82, 2.24) is 15.0 Å². The van der Waals surface area contributed by atoms with Gasteiger partial charge in [0, 0.05) is 26.3 Å². The normalized spacial score (nSPS) is 13.9. The summed E-state index contributed by atoms with van der Waals surface area (Å²) in [7, 11) is 0. The molecule has 2 aliphatic rings. The first kappa shape index (κ1) is 30.3. The molecule has 0 spiro atoms. The highest BCUT2D eigenvalue weighted by molar-refractivity contribution is 7.99. The van der Waals surface area contributed by atoms with Gasteiger partial charge in [-0.2, -0.15) is 9.97 Å². The number of anilines is 3. The summed E-state index contributed by atoms with van der Waals surface area (Å²) in [6.45, 7) is 4.63. The van der Waals surface area contributed by atoms with Crippen LogP contribution in [0, 0.1) is 0 Å². The Bertz CT molecular complexity index is 2900. The Morgan fingerprint density at radius 2 is 0.925 bits per heavy atom. The van der Waals surface area contributed by atoms with Gasteiger partial charge in [0.1, 0.15) is 0 Å². The molecule has 1 aliphatic heterocycles. The van der Waals surface area contributed by atoms with Crippen LogP contribution in [0.4, 0.5) is 17.3 Å². The average Bonchev–Trinajstić information content (AvgIpc) is 3.45. The fourth-order valence-corrected chi connectivity index (χ4v) is 9.59. The van der Waals surface area contributed by atoms with E-state index in [1.807, 2.05) is 0 Å². The quantitative estimate of drug-likeness (QED) is 0.172. The predicted molar refractivity (Wildman–Crippen MR) is 220 cm³/mol. The first-order valence-electron chi connectivity index (χ1n) is 18.0. The van der Waals surface area contributed by atoms with Crippen molar-refractivity contribution in [3.63, 3.8) is 0 Å². The van der Waals surface area contributed by atoms with Crippen LogP contribution in [-0.4, -0.2) is 15.0 Å². The molecular formula is C48H32N4S. The van der Waals surface area contributed by atoms with Gasteiger partial charge >= 0.3 is 0 Å². The Labute approximate surface area is 311 Å². The molecule has 11 rings (SSSR count). The number of hydrogen-bond donors (Lipinski definition) is 0. The number of aromatic nitrogens is 3. The summed E-state index contributed by atoms with van der Waals surface area (Å²) in [5.41, 5.74) is 9.09. The molecule has 8 aromatic carbocycles. The molecule has 2 heterocycles. The zero-order chi connectivity index (χ0) is 35.3. The fourth-order valence-electron chi connectivity index (χ4n) is 8.53. The Kier molecular flexibility index (Phi) is 6.50. The zero-order valence-corrected chi connectivity index (χ0v) is 30.0. The molecule has 0 fully saturated rings. The van der Waals surface area contributed by atoms with E-state index in [0.717, 1.165) is 32.3 Å². The maximum Gasteiger partial charge on any atom is 0.238 e. The lowest BCUT2D eigenvalue weighted by atomic mass is 9.82. The highest BCUT2D eigenvalue weighted by Crippen LogP contribution is 2.52. The van der Waals surface area contributed by atoms with E-state index in [2.05, 4.69) is 176 Å². The standard InChI is InChI=1S/C48H32N4S/c1-48(2)39-18-8-7-17-36(39)37-26-24-30(28-40(37)48)46-49-45(50-47(51-46)52-41-19-9-11-21-43(41)53-44-22-12-10-20-42(44)52)29-23-25-35-33-15-4-3-13-31(33)32-14-5-6-16-34(32)38(35)27-29/h3-28H,1-2H3. The third-order valence-corrected chi connectivity index (χ3v) is 12.2. The third kappa shape index (κ3) is 4.54. The Morgan fingerprint density at radius 1 is 0.434 bits per heavy atom. The summed E-state index contributed by atoms with van der Waals surface area (Å²) in [6.07, 6.45) is 0. The molecular weight excluding hydrogens is 665 g/mol. The van der Waals surface area contributed by atoms with Gasteiger partial charge in [-0.05, 0) is 91.0 Å². The molecule has 53 heavy (non-hydrogen) atoms. The second-order valence-electron chi connectivity index (χ2n) is 14.4. The minimum atomic E-state index is -0.148. The summed E-state index contributed by atoms with van der Waals surface area (Å²) in [5, 5.41) is 7.36. The lowest BCUT2D eigenvalue weighted by Gasteiger charge is -2.31. The van der Waals surface area contributed by atoms with Crippen LogP contribution in [-0.2, 0) is 5.41 Å². The molecule has 1 aromatic heterocycles. The SMILES string of the molecule is CC1(C)c2ccccc2-c2ccc(-c3nc(-c4ccc5c6ccccc6c6ccccc6c5c4)nc(N4c5ccccc5Sc5ccccc54)n3)cc21. The lowest BCUT2D eigenvalue weighted by Crippen LogP contribution is -2.18. The lowest BCUT2D eigenvalue weighted by molar-refractivity contribution is 0.660. The second kappa shape index (κ2) is 11.3.